The smallest absolute Gasteiger partial charge is 0.253 e. The molecule has 0 saturated carbocycles. The molecule has 2 aromatic rings. The second kappa shape index (κ2) is 5.90. The van der Waals surface area contributed by atoms with Crippen LogP contribution in [0.25, 0.3) is 0 Å². The molecule has 3 heterocycles. The summed E-state index contributed by atoms with van der Waals surface area (Å²) in [7, 11) is 1.63. The molecule has 24 heavy (non-hydrogen) atoms. The molecule has 1 saturated heterocycles. The van der Waals surface area contributed by atoms with Crippen molar-refractivity contribution in [3.8, 4) is 5.75 Å². The minimum Gasteiger partial charge on any atom is -0.496 e. The van der Waals surface area contributed by atoms with Crippen molar-refractivity contribution in [1.82, 2.24) is 19.9 Å². The summed E-state index contributed by atoms with van der Waals surface area (Å²) in [5, 5.41) is 8.15. The molecular weight excluding hydrogens is 308 g/mol. The average molecular weight is 328 g/mol. The molecule has 7 heteroatoms. The quantitative estimate of drug-likeness (QED) is 0.837. The molecule has 126 valence electrons. The highest BCUT2D eigenvalue weighted by molar-refractivity contribution is 5.94. The van der Waals surface area contributed by atoms with Crippen molar-refractivity contribution in [2.75, 3.05) is 20.2 Å². The van der Waals surface area contributed by atoms with Crippen molar-refractivity contribution in [3.63, 3.8) is 0 Å². The van der Waals surface area contributed by atoms with Gasteiger partial charge < -0.3 is 14.4 Å². The first-order valence-corrected chi connectivity index (χ1v) is 8.12. The van der Waals surface area contributed by atoms with Crippen molar-refractivity contribution in [1.29, 1.82) is 0 Å². The third kappa shape index (κ3) is 2.45. The van der Waals surface area contributed by atoms with Crippen molar-refractivity contribution >= 4 is 5.91 Å². The van der Waals surface area contributed by atoms with Crippen molar-refractivity contribution in [2.45, 2.75) is 32.1 Å². The SMILES string of the molecule is COc1ccc(C(=O)N2CC[C@@H]3OCc4cnnn4[C@H]3C2)cc1C. The summed E-state index contributed by atoms with van der Waals surface area (Å²) in [5.74, 6) is 0.824. The zero-order chi connectivity index (χ0) is 16.7. The van der Waals surface area contributed by atoms with Crippen molar-refractivity contribution in [2.24, 2.45) is 0 Å². The van der Waals surface area contributed by atoms with Gasteiger partial charge in [-0.3, -0.25) is 4.79 Å². The van der Waals surface area contributed by atoms with Gasteiger partial charge in [0, 0.05) is 18.7 Å². The summed E-state index contributed by atoms with van der Waals surface area (Å²) in [6, 6.07) is 5.58. The van der Waals surface area contributed by atoms with Crippen LogP contribution in [0.3, 0.4) is 0 Å². The van der Waals surface area contributed by atoms with Crippen LogP contribution in [0.2, 0.25) is 0 Å². The van der Waals surface area contributed by atoms with Gasteiger partial charge in [-0.15, -0.1) is 5.10 Å². The van der Waals surface area contributed by atoms with Crippen molar-refractivity contribution in [3.05, 3.63) is 41.2 Å². The lowest BCUT2D eigenvalue weighted by molar-refractivity contribution is -0.0605. The van der Waals surface area contributed by atoms with Gasteiger partial charge in [-0.2, -0.15) is 0 Å². The Morgan fingerprint density at radius 1 is 1.42 bits per heavy atom. The van der Waals surface area contributed by atoms with E-state index in [2.05, 4.69) is 10.3 Å². The van der Waals surface area contributed by atoms with Crippen LogP contribution in [0, 0.1) is 6.92 Å². The molecule has 0 aliphatic carbocycles. The van der Waals surface area contributed by atoms with Gasteiger partial charge in [0.2, 0.25) is 0 Å². The fourth-order valence-corrected chi connectivity index (χ4v) is 3.56. The zero-order valence-corrected chi connectivity index (χ0v) is 13.8. The zero-order valence-electron chi connectivity index (χ0n) is 13.8. The van der Waals surface area contributed by atoms with Gasteiger partial charge in [0.1, 0.15) is 5.75 Å². The Kier molecular flexibility index (Phi) is 3.72. The summed E-state index contributed by atoms with van der Waals surface area (Å²) in [5.41, 5.74) is 2.60. The Labute approximate surface area is 140 Å². The second-order valence-corrected chi connectivity index (χ2v) is 6.31. The summed E-state index contributed by atoms with van der Waals surface area (Å²) >= 11 is 0. The number of aromatic nitrogens is 3. The van der Waals surface area contributed by atoms with E-state index in [-0.39, 0.29) is 18.1 Å². The van der Waals surface area contributed by atoms with E-state index in [9.17, 15) is 4.79 Å². The fourth-order valence-electron chi connectivity index (χ4n) is 3.56. The molecule has 7 nitrogen and oxygen atoms in total. The molecule has 1 aromatic carbocycles. The van der Waals surface area contributed by atoms with E-state index in [0.29, 0.717) is 25.3 Å². The third-order valence-corrected chi connectivity index (χ3v) is 4.86. The van der Waals surface area contributed by atoms with E-state index < -0.39 is 0 Å². The molecule has 1 fully saturated rings. The van der Waals surface area contributed by atoms with Crippen LogP contribution in [0.5, 0.6) is 5.75 Å². The standard InChI is InChI=1S/C17H20N4O3/c1-11-7-12(3-4-15(11)23-2)17(22)20-6-5-16-14(9-20)21-13(10-24-16)8-18-19-21/h3-4,7-8,14,16H,5-6,9-10H2,1-2H3/t14-,16-/m0/s1. The van der Waals surface area contributed by atoms with E-state index in [4.69, 9.17) is 9.47 Å². The molecule has 1 amide bonds. The number of methoxy groups -OCH3 is 1. The molecule has 2 aliphatic heterocycles. The van der Waals surface area contributed by atoms with E-state index in [1.54, 1.807) is 13.3 Å². The fraction of sp³-hybridized carbons (Fsp3) is 0.471. The highest BCUT2D eigenvalue weighted by Gasteiger charge is 2.38. The number of hydrogen-bond donors (Lipinski definition) is 0. The van der Waals surface area contributed by atoms with Crippen LogP contribution in [0.15, 0.2) is 24.4 Å². The number of rotatable bonds is 2. The predicted octanol–water partition coefficient (Wildman–Crippen LogP) is 1.58. The van der Waals surface area contributed by atoms with Gasteiger partial charge in [0.15, 0.2) is 0 Å². The minimum atomic E-state index is 0.0337. The molecule has 0 spiro atoms. The number of benzene rings is 1. The van der Waals surface area contributed by atoms with Crippen LogP contribution in [-0.2, 0) is 11.3 Å². The number of carbonyl (C=O) groups excluding carboxylic acids is 1. The first-order chi connectivity index (χ1) is 11.7. The number of piperidine rings is 1. The molecule has 4 rings (SSSR count). The van der Waals surface area contributed by atoms with Crippen LogP contribution in [0.4, 0.5) is 0 Å². The van der Waals surface area contributed by atoms with Crippen molar-refractivity contribution < 1.29 is 14.3 Å². The number of hydrogen-bond acceptors (Lipinski definition) is 5. The Morgan fingerprint density at radius 2 is 2.29 bits per heavy atom. The Balaban J connectivity index is 1.56. The van der Waals surface area contributed by atoms with E-state index in [1.165, 1.54) is 0 Å². The first kappa shape index (κ1) is 15.1. The third-order valence-electron chi connectivity index (χ3n) is 4.86. The lowest BCUT2D eigenvalue weighted by Gasteiger charge is -2.41. The normalized spacial score (nSPS) is 22.7. The molecule has 0 N–H and O–H groups in total. The van der Waals surface area contributed by atoms with Gasteiger partial charge in [0.25, 0.3) is 5.91 Å². The number of ether oxygens (including phenoxy) is 2. The molecule has 2 atom stereocenters. The average Bonchev–Trinajstić information content (AvgIpc) is 3.09. The molecule has 0 bridgehead atoms. The number of aryl methyl sites for hydroxylation is 1. The number of fused-ring (bicyclic) bond motifs is 3. The lowest BCUT2D eigenvalue weighted by atomic mass is 9.99. The monoisotopic (exact) mass is 328 g/mol. The van der Waals surface area contributed by atoms with Gasteiger partial charge in [0.05, 0.1) is 37.8 Å². The largest absolute Gasteiger partial charge is 0.496 e. The second-order valence-electron chi connectivity index (χ2n) is 6.31. The van der Waals surface area contributed by atoms with Crippen LogP contribution in [-0.4, -0.2) is 52.1 Å². The number of amides is 1. The lowest BCUT2D eigenvalue weighted by Crippen LogP contribution is -2.49. The van der Waals surface area contributed by atoms with E-state index >= 15 is 0 Å². The maximum absolute atomic E-state index is 12.9. The summed E-state index contributed by atoms with van der Waals surface area (Å²) in [6.07, 6.45) is 2.63. The van der Waals surface area contributed by atoms with Gasteiger partial charge in [-0.25, -0.2) is 4.68 Å². The number of nitrogens with zero attached hydrogens (tertiary/aromatic N) is 4. The van der Waals surface area contributed by atoms with Crippen LogP contribution < -0.4 is 4.74 Å². The highest BCUT2D eigenvalue weighted by atomic mass is 16.5. The van der Waals surface area contributed by atoms with E-state index in [0.717, 1.165) is 23.4 Å². The van der Waals surface area contributed by atoms with Gasteiger partial charge in [-0.05, 0) is 37.1 Å². The van der Waals surface area contributed by atoms with Gasteiger partial charge >= 0.3 is 0 Å². The molecule has 2 aliphatic rings. The highest BCUT2D eigenvalue weighted by Crippen LogP contribution is 2.31. The Morgan fingerprint density at radius 3 is 3.08 bits per heavy atom. The Bertz CT molecular complexity index is 773. The maximum atomic E-state index is 12.9. The summed E-state index contributed by atoms with van der Waals surface area (Å²) in [6.45, 7) is 3.76. The molecular formula is C17H20N4O3. The number of carbonyl (C=O) groups is 1. The first-order valence-electron chi connectivity index (χ1n) is 8.12. The van der Waals surface area contributed by atoms with Crippen LogP contribution in [0.1, 0.15) is 34.1 Å². The Hall–Kier alpha value is -2.41. The summed E-state index contributed by atoms with van der Waals surface area (Å²) in [4.78, 5) is 14.8. The minimum absolute atomic E-state index is 0.0337. The topological polar surface area (TPSA) is 69.5 Å². The van der Waals surface area contributed by atoms with E-state index in [1.807, 2.05) is 34.7 Å². The molecule has 1 aromatic heterocycles. The van der Waals surface area contributed by atoms with Crippen LogP contribution >= 0.6 is 0 Å². The number of likely N-dealkylation sites (tertiary alicyclic amines) is 1. The summed E-state index contributed by atoms with van der Waals surface area (Å²) < 4.78 is 13.1. The van der Waals surface area contributed by atoms with Gasteiger partial charge in [-0.1, -0.05) is 5.21 Å². The molecule has 0 unspecified atom stereocenters. The predicted molar refractivity (Wildman–Crippen MR) is 85.9 cm³/mol. The maximum Gasteiger partial charge on any atom is 0.253 e. The molecule has 0 radical (unpaired) electrons.